The molecule has 0 fully saturated rings. The molecule has 0 aliphatic carbocycles. The molecule has 1 aliphatic rings. The summed E-state index contributed by atoms with van der Waals surface area (Å²) in [5, 5.41) is 0.275. The topological polar surface area (TPSA) is 56.5 Å². The van der Waals surface area contributed by atoms with Crippen LogP contribution in [0, 0.1) is 11.6 Å². The normalized spacial score (nSPS) is 12.9. The van der Waals surface area contributed by atoms with Crippen LogP contribution < -0.4 is 5.56 Å². The van der Waals surface area contributed by atoms with Crippen molar-refractivity contribution in [2.45, 2.75) is 13.5 Å². The van der Waals surface area contributed by atoms with E-state index in [0.717, 1.165) is 12.1 Å². The van der Waals surface area contributed by atoms with E-state index in [9.17, 15) is 13.6 Å². The van der Waals surface area contributed by atoms with Crippen LogP contribution in [0.4, 0.5) is 8.78 Å². The zero-order valence-corrected chi connectivity index (χ0v) is 17.7. The maximum Gasteiger partial charge on any atom is 0.280 e. The van der Waals surface area contributed by atoms with Crippen molar-refractivity contribution in [3.8, 4) is 5.69 Å². The third-order valence-electron chi connectivity index (χ3n) is 4.68. The minimum Gasteiger partial charge on any atom is -0.501 e. The second-order valence-electron chi connectivity index (χ2n) is 6.56. The van der Waals surface area contributed by atoms with Gasteiger partial charge >= 0.3 is 0 Å². The minimum atomic E-state index is -0.797. The second kappa shape index (κ2) is 8.61. The van der Waals surface area contributed by atoms with Gasteiger partial charge in [0.1, 0.15) is 17.5 Å². The standard InChI is InChI=1S/C22H15Cl2F2N3O2/c1-2-31-9-8-12-11-29-16-7-6-13(23)20(24)19(16)21(27-10-17(29)28-22(12)30)18-14(25)4-3-5-15(18)26/h3-9,11H,2,10H2,1H3/b9-8+. The Morgan fingerprint density at radius 2 is 1.90 bits per heavy atom. The number of hydrogen-bond donors (Lipinski definition) is 0. The fraction of sp³-hybridized carbons (Fsp3) is 0.136. The molecule has 2 aromatic carbocycles. The number of aromatic nitrogens is 2. The first kappa shape index (κ1) is 21.2. The van der Waals surface area contributed by atoms with Gasteiger partial charge in [0.05, 0.1) is 52.0 Å². The van der Waals surface area contributed by atoms with Crippen LogP contribution in [0.25, 0.3) is 11.8 Å². The molecule has 0 N–H and O–H groups in total. The summed E-state index contributed by atoms with van der Waals surface area (Å²) in [5.74, 6) is -1.31. The maximum absolute atomic E-state index is 14.6. The number of rotatable bonds is 4. The van der Waals surface area contributed by atoms with Crippen molar-refractivity contribution >= 4 is 35.0 Å². The molecule has 0 bridgehead atoms. The van der Waals surface area contributed by atoms with Gasteiger partial charge in [-0.05, 0) is 37.3 Å². The van der Waals surface area contributed by atoms with Crippen molar-refractivity contribution in [3.63, 3.8) is 0 Å². The van der Waals surface area contributed by atoms with Crippen molar-refractivity contribution in [1.29, 1.82) is 0 Å². The minimum absolute atomic E-state index is 0.0116. The fourth-order valence-corrected chi connectivity index (χ4v) is 3.69. The number of fused-ring (bicyclic) bond motifs is 3. The van der Waals surface area contributed by atoms with Crippen molar-refractivity contribution < 1.29 is 13.5 Å². The molecule has 0 saturated carbocycles. The molecule has 1 aliphatic heterocycles. The first-order valence-electron chi connectivity index (χ1n) is 9.30. The lowest BCUT2D eigenvalue weighted by Crippen LogP contribution is -2.19. The summed E-state index contributed by atoms with van der Waals surface area (Å²) in [4.78, 5) is 20.9. The third kappa shape index (κ3) is 3.86. The van der Waals surface area contributed by atoms with E-state index in [1.54, 1.807) is 22.9 Å². The lowest BCUT2D eigenvalue weighted by molar-refractivity contribution is 0.272. The van der Waals surface area contributed by atoms with Crippen LogP contribution in [-0.4, -0.2) is 21.9 Å². The largest absolute Gasteiger partial charge is 0.501 e. The van der Waals surface area contributed by atoms with Gasteiger partial charge in [-0.25, -0.2) is 8.78 Å². The average Bonchev–Trinajstić information content (AvgIpc) is 2.88. The molecule has 0 unspecified atom stereocenters. The van der Waals surface area contributed by atoms with Crippen LogP contribution in [0.2, 0.25) is 10.0 Å². The molecule has 158 valence electrons. The summed E-state index contributed by atoms with van der Waals surface area (Å²) < 4.78 is 36.0. The number of ether oxygens (including phenoxy) is 1. The van der Waals surface area contributed by atoms with E-state index in [1.807, 2.05) is 6.92 Å². The molecule has 0 atom stereocenters. The number of aliphatic imine (C=N–C) groups is 1. The maximum atomic E-state index is 14.6. The molecule has 2 heterocycles. The Bertz CT molecular complexity index is 1280. The molecular weight excluding hydrogens is 447 g/mol. The van der Waals surface area contributed by atoms with Gasteiger partial charge in [0.15, 0.2) is 0 Å². The molecule has 4 rings (SSSR count). The molecule has 0 radical (unpaired) electrons. The van der Waals surface area contributed by atoms with E-state index < -0.39 is 17.2 Å². The second-order valence-corrected chi connectivity index (χ2v) is 7.35. The number of hydrogen-bond acceptors (Lipinski definition) is 4. The van der Waals surface area contributed by atoms with Gasteiger partial charge in [0.2, 0.25) is 0 Å². The van der Waals surface area contributed by atoms with Crippen LogP contribution >= 0.6 is 23.2 Å². The number of benzene rings is 2. The Labute approximate surface area is 186 Å². The molecule has 0 amide bonds. The van der Waals surface area contributed by atoms with Crippen molar-refractivity contribution in [2.24, 2.45) is 4.99 Å². The highest BCUT2D eigenvalue weighted by Gasteiger charge is 2.27. The van der Waals surface area contributed by atoms with Crippen LogP contribution in [-0.2, 0) is 11.3 Å². The average molecular weight is 462 g/mol. The lowest BCUT2D eigenvalue weighted by Gasteiger charge is -2.17. The van der Waals surface area contributed by atoms with Gasteiger partial charge < -0.3 is 9.30 Å². The van der Waals surface area contributed by atoms with Gasteiger partial charge in [0.25, 0.3) is 5.56 Å². The van der Waals surface area contributed by atoms with E-state index in [-0.39, 0.29) is 44.8 Å². The Balaban J connectivity index is 2.01. The molecule has 1 aromatic heterocycles. The Morgan fingerprint density at radius 3 is 2.61 bits per heavy atom. The Kier molecular flexibility index (Phi) is 5.89. The molecule has 9 heteroatoms. The number of halogens is 4. The summed E-state index contributed by atoms with van der Waals surface area (Å²) in [6, 6.07) is 6.72. The van der Waals surface area contributed by atoms with Gasteiger partial charge in [-0.1, -0.05) is 29.3 Å². The quantitative estimate of drug-likeness (QED) is 0.503. The highest BCUT2D eigenvalue weighted by atomic mass is 35.5. The van der Waals surface area contributed by atoms with Crippen molar-refractivity contribution in [1.82, 2.24) is 9.55 Å². The Hall–Kier alpha value is -3.03. The van der Waals surface area contributed by atoms with E-state index in [2.05, 4.69) is 9.98 Å². The monoisotopic (exact) mass is 461 g/mol. The molecular formula is C22H15Cl2F2N3O2. The zero-order valence-electron chi connectivity index (χ0n) is 16.2. The third-order valence-corrected chi connectivity index (χ3v) is 5.49. The van der Waals surface area contributed by atoms with Crippen LogP contribution in [0.1, 0.15) is 29.4 Å². The van der Waals surface area contributed by atoms with Gasteiger partial charge in [0, 0.05) is 11.8 Å². The first-order chi connectivity index (χ1) is 14.9. The highest BCUT2D eigenvalue weighted by molar-refractivity contribution is 6.45. The van der Waals surface area contributed by atoms with Gasteiger partial charge in [-0.3, -0.25) is 9.79 Å². The van der Waals surface area contributed by atoms with Crippen molar-refractivity contribution in [3.05, 3.63) is 97.3 Å². The highest BCUT2D eigenvalue weighted by Crippen LogP contribution is 2.35. The van der Waals surface area contributed by atoms with E-state index >= 15 is 0 Å². The van der Waals surface area contributed by atoms with Crippen molar-refractivity contribution in [2.75, 3.05) is 6.61 Å². The molecule has 31 heavy (non-hydrogen) atoms. The summed E-state index contributed by atoms with van der Waals surface area (Å²) in [5.41, 5.74) is 0.0980. The van der Waals surface area contributed by atoms with Crippen LogP contribution in [0.15, 0.2) is 52.6 Å². The smallest absolute Gasteiger partial charge is 0.280 e. The molecule has 3 aromatic rings. The van der Waals surface area contributed by atoms with E-state index in [0.29, 0.717) is 12.3 Å². The fourth-order valence-electron chi connectivity index (χ4n) is 3.28. The van der Waals surface area contributed by atoms with Crippen LogP contribution in [0.5, 0.6) is 0 Å². The summed E-state index contributed by atoms with van der Waals surface area (Å²) in [6.45, 7) is 2.16. The lowest BCUT2D eigenvalue weighted by atomic mass is 9.99. The molecule has 5 nitrogen and oxygen atoms in total. The predicted molar refractivity (Wildman–Crippen MR) is 116 cm³/mol. The Morgan fingerprint density at radius 1 is 1.16 bits per heavy atom. The predicted octanol–water partition coefficient (Wildman–Crippen LogP) is 5.18. The van der Waals surface area contributed by atoms with Gasteiger partial charge in [-0.15, -0.1) is 0 Å². The van der Waals surface area contributed by atoms with Crippen LogP contribution in [0.3, 0.4) is 0 Å². The summed E-state index contributed by atoms with van der Waals surface area (Å²) in [6.07, 6.45) is 4.44. The van der Waals surface area contributed by atoms with E-state index in [1.165, 1.54) is 18.4 Å². The number of nitrogens with zero attached hydrogens (tertiary/aromatic N) is 3. The first-order valence-corrected chi connectivity index (χ1v) is 10.1. The zero-order chi connectivity index (χ0) is 22.1. The van der Waals surface area contributed by atoms with E-state index in [4.69, 9.17) is 27.9 Å². The summed E-state index contributed by atoms with van der Waals surface area (Å²) >= 11 is 12.7. The SMILES string of the molecule is CCO/C=C/c1cn2c(nc1=O)CN=C(c1c(F)cccc1F)c1c-2ccc(Cl)c1Cl. The molecule has 0 saturated heterocycles. The summed E-state index contributed by atoms with van der Waals surface area (Å²) in [7, 11) is 0. The van der Waals surface area contributed by atoms with Gasteiger partial charge in [-0.2, -0.15) is 4.98 Å². The molecule has 0 spiro atoms.